The van der Waals surface area contributed by atoms with Crippen molar-refractivity contribution < 1.29 is 14.4 Å². The lowest BCUT2D eigenvalue weighted by Crippen LogP contribution is -2.10. The van der Waals surface area contributed by atoms with Crippen LogP contribution in [-0.2, 0) is 14.4 Å². The first-order valence-electron chi connectivity index (χ1n) is 26.3. The Morgan fingerprint density at radius 1 is 0.282 bits per heavy atom. The minimum atomic E-state index is -0.0671. The summed E-state index contributed by atoms with van der Waals surface area (Å²) in [5.41, 5.74) is 18.3. The molecule has 0 saturated carbocycles. The number of hydrogen-bond acceptors (Lipinski definition) is 9. The summed E-state index contributed by atoms with van der Waals surface area (Å²) in [5, 5.41) is 9.09. The van der Waals surface area contributed by atoms with E-state index in [0.717, 1.165) is 119 Å². The van der Waals surface area contributed by atoms with Crippen molar-refractivity contribution in [3.8, 4) is 100 Å². The fourth-order valence-corrected chi connectivity index (χ4v) is 9.46. The standard InChI is InChI=1S/C66H57N9O3/c1-4-10-64(76)73-61-31-58(37-70-40-61)55-22-46(43-13-7-16-67-34-43)19-49(28-55)52-25-53(50-20-47(44-14-8-17-68-35-44)23-56(29-50)59-32-62(41-71-38-59)74-65(77)11-5-2)27-54(26-52)51-21-48(45-15-9-18-69-36-45)24-57(30-51)60-33-63(42-72-39-60)75-66(78)12-6-3/h7-9,13-42H,4-6,10-12H2,1-3H3,(H,73,76)(H,74,77)(H,75,78). The Kier molecular flexibility index (Phi) is 16.1. The second kappa shape index (κ2) is 24.2. The van der Waals surface area contributed by atoms with Gasteiger partial charge >= 0.3 is 0 Å². The lowest BCUT2D eigenvalue weighted by molar-refractivity contribution is -0.117. The highest BCUT2D eigenvalue weighted by Gasteiger charge is 2.17. The highest BCUT2D eigenvalue weighted by Crippen LogP contribution is 2.42. The number of rotatable bonds is 18. The second-order valence-electron chi connectivity index (χ2n) is 19.2. The molecule has 12 heteroatoms. The number of nitrogens with one attached hydrogen (secondary N) is 3. The summed E-state index contributed by atoms with van der Waals surface area (Å²) >= 11 is 0. The Morgan fingerprint density at radius 3 is 0.718 bits per heavy atom. The van der Waals surface area contributed by atoms with E-state index in [-0.39, 0.29) is 17.7 Å². The van der Waals surface area contributed by atoms with E-state index in [1.54, 1.807) is 37.2 Å². The maximum Gasteiger partial charge on any atom is 0.224 e. The number of pyridine rings is 6. The maximum absolute atomic E-state index is 12.8. The van der Waals surface area contributed by atoms with Gasteiger partial charge in [-0.1, -0.05) is 39.0 Å². The molecule has 0 fully saturated rings. The molecule has 10 rings (SSSR count). The van der Waals surface area contributed by atoms with Gasteiger partial charge in [-0.15, -0.1) is 0 Å². The van der Waals surface area contributed by atoms with Crippen LogP contribution in [0.15, 0.2) is 202 Å². The average molecular weight is 1020 g/mol. The second-order valence-corrected chi connectivity index (χ2v) is 19.2. The van der Waals surface area contributed by atoms with Crippen LogP contribution in [0.2, 0.25) is 0 Å². The quantitative estimate of drug-likeness (QED) is 0.0759. The van der Waals surface area contributed by atoms with E-state index in [0.29, 0.717) is 36.3 Å². The first-order chi connectivity index (χ1) is 38.2. The maximum atomic E-state index is 12.8. The minimum Gasteiger partial charge on any atom is -0.325 e. The molecule has 10 aromatic rings. The predicted molar refractivity (Wildman–Crippen MR) is 313 cm³/mol. The number of carbonyl (C=O) groups excluding carboxylic acids is 3. The Bertz CT molecular complexity index is 3370. The molecule has 0 unspecified atom stereocenters. The summed E-state index contributed by atoms with van der Waals surface area (Å²) in [6.07, 6.45) is 24.8. The van der Waals surface area contributed by atoms with Gasteiger partial charge in [0.05, 0.1) is 35.7 Å². The highest BCUT2D eigenvalue weighted by molar-refractivity contribution is 5.95. The molecule has 0 aliphatic heterocycles. The molecule has 0 saturated heterocycles. The summed E-state index contributed by atoms with van der Waals surface area (Å²) in [6, 6.07) is 43.9. The summed E-state index contributed by atoms with van der Waals surface area (Å²) in [5.74, 6) is -0.201. The summed E-state index contributed by atoms with van der Waals surface area (Å²) in [7, 11) is 0. The Hall–Kier alpha value is -9.81. The van der Waals surface area contributed by atoms with E-state index < -0.39 is 0 Å². The molecule has 0 spiro atoms. The van der Waals surface area contributed by atoms with Gasteiger partial charge in [0, 0.05) is 108 Å². The first kappa shape index (κ1) is 51.7. The van der Waals surface area contributed by atoms with Gasteiger partial charge in [0.1, 0.15) is 0 Å². The number of amides is 3. The topological polar surface area (TPSA) is 165 Å². The third-order valence-electron chi connectivity index (χ3n) is 13.2. The van der Waals surface area contributed by atoms with Crippen molar-refractivity contribution >= 4 is 34.8 Å². The molecule has 0 aliphatic carbocycles. The average Bonchev–Trinajstić information content (AvgIpc) is 3.50. The molecule has 0 aliphatic rings. The third-order valence-corrected chi connectivity index (χ3v) is 13.2. The molecule has 384 valence electrons. The third kappa shape index (κ3) is 12.6. The van der Waals surface area contributed by atoms with Crippen LogP contribution in [0.4, 0.5) is 17.1 Å². The van der Waals surface area contributed by atoms with E-state index in [9.17, 15) is 14.4 Å². The van der Waals surface area contributed by atoms with Crippen LogP contribution in [0.5, 0.6) is 0 Å². The van der Waals surface area contributed by atoms with Gasteiger partial charge in [0.25, 0.3) is 0 Å². The lowest BCUT2D eigenvalue weighted by Gasteiger charge is -2.17. The minimum absolute atomic E-state index is 0.0671. The SMILES string of the molecule is CCCC(=O)Nc1cncc(-c2cc(-c3cccnc3)cc(-c3cc(-c4cc(-c5cccnc5)cc(-c5cncc(NC(=O)CCC)c5)c4)cc(-c4cc(-c5cccnc5)cc(-c5cncc(NC(=O)CCC)c5)c4)c3)c2)c1. The van der Waals surface area contributed by atoms with E-state index >= 15 is 0 Å². The van der Waals surface area contributed by atoms with E-state index in [1.807, 2.05) is 113 Å². The molecule has 0 atom stereocenters. The van der Waals surface area contributed by atoms with Crippen LogP contribution in [0.25, 0.3) is 100 Å². The van der Waals surface area contributed by atoms with Crippen LogP contribution < -0.4 is 16.0 Å². The molecule has 3 N–H and O–H groups in total. The van der Waals surface area contributed by atoms with Crippen molar-refractivity contribution in [1.29, 1.82) is 0 Å². The zero-order chi connectivity index (χ0) is 53.8. The van der Waals surface area contributed by atoms with Crippen molar-refractivity contribution in [2.24, 2.45) is 0 Å². The molecule has 6 heterocycles. The summed E-state index contributed by atoms with van der Waals surface area (Å²) < 4.78 is 0. The van der Waals surface area contributed by atoms with Crippen LogP contribution in [0.1, 0.15) is 59.3 Å². The lowest BCUT2D eigenvalue weighted by atomic mass is 9.87. The molecule has 6 aromatic heterocycles. The van der Waals surface area contributed by atoms with E-state index in [4.69, 9.17) is 0 Å². The molecule has 3 amide bonds. The number of carbonyl (C=O) groups is 3. The Labute approximate surface area is 454 Å². The van der Waals surface area contributed by atoms with E-state index in [2.05, 4.69) is 119 Å². The fraction of sp³-hybridized carbons (Fsp3) is 0.136. The van der Waals surface area contributed by atoms with Crippen molar-refractivity contribution in [3.05, 3.63) is 202 Å². The molecule has 4 aromatic carbocycles. The van der Waals surface area contributed by atoms with Crippen molar-refractivity contribution in [2.75, 3.05) is 16.0 Å². The van der Waals surface area contributed by atoms with Crippen LogP contribution in [0, 0.1) is 0 Å². The monoisotopic (exact) mass is 1020 g/mol. The number of hydrogen-bond donors (Lipinski definition) is 3. The van der Waals surface area contributed by atoms with Gasteiger partial charge in [-0.2, -0.15) is 0 Å². The summed E-state index contributed by atoms with van der Waals surface area (Å²) in [6.45, 7) is 5.94. The van der Waals surface area contributed by atoms with Crippen molar-refractivity contribution in [1.82, 2.24) is 29.9 Å². The number of benzene rings is 4. The largest absolute Gasteiger partial charge is 0.325 e. The van der Waals surface area contributed by atoms with Crippen LogP contribution >= 0.6 is 0 Å². The van der Waals surface area contributed by atoms with Gasteiger partial charge in [0.15, 0.2) is 0 Å². The van der Waals surface area contributed by atoms with Gasteiger partial charge in [0.2, 0.25) is 17.7 Å². The van der Waals surface area contributed by atoms with E-state index in [1.165, 1.54) is 0 Å². The van der Waals surface area contributed by atoms with Gasteiger partial charge < -0.3 is 16.0 Å². The zero-order valence-electron chi connectivity index (χ0n) is 43.7. The molecule has 0 bridgehead atoms. The smallest absolute Gasteiger partial charge is 0.224 e. The molecular formula is C66H57N9O3. The number of nitrogens with zero attached hydrogens (tertiary/aromatic N) is 6. The molecule has 12 nitrogen and oxygen atoms in total. The van der Waals surface area contributed by atoms with Crippen molar-refractivity contribution in [2.45, 2.75) is 59.3 Å². The fourth-order valence-electron chi connectivity index (χ4n) is 9.46. The normalized spacial score (nSPS) is 11.0. The zero-order valence-corrected chi connectivity index (χ0v) is 43.7. The van der Waals surface area contributed by atoms with Gasteiger partial charge in [-0.3, -0.25) is 44.3 Å². The van der Waals surface area contributed by atoms with Crippen LogP contribution in [0.3, 0.4) is 0 Å². The van der Waals surface area contributed by atoms with Crippen molar-refractivity contribution in [3.63, 3.8) is 0 Å². The molecular weight excluding hydrogens is 967 g/mol. The molecule has 78 heavy (non-hydrogen) atoms. The first-order valence-corrected chi connectivity index (χ1v) is 26.3. The van der Waals surface area contributed by atoms with Gasteiger partial charge in [-0.05, 0) is 195 Å². The Balaban J connectivity index is 1.21. The molecule has 0 radical (unpaired) electrons. The van der Waals surface area contributed by atoms with Crippen LogP contribution in [-0.4, -0.2) is 47.6 Å². The Morgan fingerprint density at radius 2 is 0.500 bits per heavy atom. The number of anilines is 3. The summed E-state index contributed by atoms with van der Waals surface area (Å²) in [4.78, 5) is 65.7. The highest BCUT2D eigenvalue weighted by atomic mass is 16.2. The van der Waals surface area contributed by atoms with Gasteiger partial charge in [-0.25, -0.2) is 0 Å². The number of aromatic nitrogens is 6. The predicted octanol–water partition coefficient (Wildman–Crippen LogP) is 15.3.